The molecule has 2 aliphatic rings. The van der Waals surface area contributed by atoms with Crippen LogP contribution >= 0.6 is 0 Å². The van der Waals surface area contributed by atoms with Crippen LogP contribution in [0.25, 0.3) is 0 Å². The first-order valence-electron chi connectivity index (χ1n) is 7.80. The molecule has 2 aliphatic heterocycles. The van der Waals surface area contributed by atoms with Gasteiger partial charge >= 0.3 is 5.97 Å². The van der Waals surface area contributed by atoms with Crippen LogP contribution in [0.5, 0.6) is 0 Å². The lowest BCUT2D eigenvalue weighted by molar-refractivity contribution is -0.154. The van der Waals surface area contributed by atoms with Gasteiger partial charge in [0.05, 0.1) is 18.9 Å². The average Bonchev–Trinajstić information content (AvgIpc) is 3.05. The van der Waals surface area contributed by atoms with Crippen molar-refractivity contribution in [1.82, 2.24) is 10.2 Å². The van der Waals surface area contributed by atoms with Gasteiger partial charge in [0, 0.05) is 13.1 Å². The van der Waals surface area contributed by atoms with Crippen molar-refractivity contribution >= 4 is 17.8 Å². The van der Waals surface area contributed by atoms with Gasteiger partial charge in [-0.05, 0) is 24.1 Å². The molecule has 7 heteroatoms. The Balaban J connectivity index is 2.12. The molecule has 1 N–H and O–H groups in total. The number of fused-ring (bicyclic) bond motifs is 1. The van der Waals surface area contributed by atoms with Crippen LogP contribution in [0.15, 0.2) is 24.3 Å². The SMILES string of the molecule is CC[C@@]1(C(=O)OC)N[C@@H](c2ccc(F)cc2)[C@H]2C(=O)N(C)C(=O)[C@@H]21. The summed E-state index contributed by atoms with van der Waals surface area (Å²) in [4.78, 5) is 38.8. The van der Waals surface area contributed by atoms with E-state index >= 15 is 0 Å². The molecular weight excluding hydrogens is 315 g/mol. The second kappa shape index (κ2) is 5.66. The van der Waals surface area contributed by atoms with Gasteiger partial charge in [0.25, 0.3) is 0 Å². The van der Waals surface area contributed by atoms with Crippen molar-refractivity contribution in [2.45, 2.75) is 24.9 Å². The fourth-order valence-electron chi connectivity index (χ4n) is 3.94. The first-order chi connectivity index (χ1) is 11.4. The number of esters is 1. The van der Waals surface area contributed by atoms with Crippen LogP contribution in [0.4, 0.5) is 4.39 Å². The molecule has 24 heavy (non-hydrogen) atoms. The minimum Gasteiger partial charge on any atom is -0.468 e. The molecular formula is C17H19FN2O4. The highest BCUT2D eigenvalue weighted by atomic mass is 19.1. The summed E-state index contributed by atoms with van der Waals surface area (Å²) in [7, 11) is 2.68. The van der Waals surface area contributed by atoms with Gasteiger partial charge in [0.1, 0.15) is 11.4 Å². The number of methoxy groups -OCH3 is 1. The third-order valence-corrected chi connectivity index (χ3v) is 5.21. The first-order valence-corrected chi connectivity index (χ1v) is 7.80. The molecule has 6 nitrogen and oxygen atoms in total. The standard InChI is InChI=1S/C17H19FN2O4/c1-4-17(16(23)24-3)12-11(14(21)20(2)15(12)22)13(19-17)9-5-7-10(18)8-6-9/h5-8,11-13,19H,4H2,1-3H3/t11-,12+,13-,17+/m0/s1. The van der Waals surface area contributed by atoms with Crippen LogP contribution in [0.3, 0.4) is 0 Å². The van der Waals surface area contributed by atoms with Gasteiger partial charge in [0.15, 0.2) is 0 Å². The number of carbonyl (C=O) groups is 3. The summed E-state index contributed by atoms with van der Waals surface area (Å²) in [5, 5.41) is 3.16. The van der Waals surface area contributed by atoms with E-state index in [2.05, 4.69) is 5.32 Å². The van der Waals surface area contributed by atoms with E-state index in [9.17, 15) is 18.8 Å². The van der Waals surface area contributed by atoms with Gasteiger partial charge in [-0.1, -0.05) is 19.1 Å². The lowest BCUT2D eigenvalue weighted by Gasteiger charge is -2.30. The first kappa shape index (κ1) is 16.6. The Bertz CT molecular complexity index is 705. The van der Waals surface area contributed by atoms with Gasteiger partial charge in [0.2, 0.25) is 11.8 Å². The summed E-state index contributed by atoms with van der Waals surface area (Å²) < 4.78 is 18.1. The number of nitrogens with zero attached hydrogens (tertiary/aromatic N) is 1. The number of benzene rings is 1. The van der Waals surface area contributed by atoms with E-state index in [-0.39, 0.29) is 5.91 Å². The van der Waals surface area contributed by atoms with E-state index in [1.54, 1.807) is 19.1 Å². The molecule has 3 rings (SSSR count). The Morgan fingerprint density at radius 1 is 1.29 bits per heavy atom. The molecule has 128 valence electrons. The molecule has 2 heterocycles. The zero-order chi connectivity index (χ0) is 17.6. The van der Waals surface area contributed by atoms with Crippen molar-refractivity contribution in [3.63, 3.8) is 0 Å². The molecule has 0 aliphatic carbocycles. The van der Waals surface area contributed by atoms with Gasteiger partial charge in [-0.15, -0.1) is 0 Å². The molecule has 0 saturated carbocycles. The van der Waals surface area contributed by atoms with Crippen LogP contribution < -0.4 is 5.32 Å². The minimum absolute atomic E-state index is 0.297. The summed E-state index contributed by atoms with van der Waals surface area (Å²) in [6.07, 6.45) is 0.297. The van der Waals surface area contributed by atoms with Gasteiger partial charge < -0.3 is 4.74 Å². The average molecular weight is 334 g/mol. The third kappa shape index (κ3) is 2.07. The highest BCUT2D eigenvalue weighted by molar-refractivity contribution is 6.09. The predicted octanol–water partition coefficient (Wildman–Crippen LogP) is 1.02. The molecule has 4 atom stereocenters. The highest BCUT2D eigenvalue weighted by Gasteiger charge is 2.67. The summed E-state index contributed by atoms with van der Waals surface area (Å²) in [5.74, 6) is -3.25. The van der Waals surface area contributed by atoms with Crippen molar-refractivity contribution in [2.75, 3.05) is 14.2 Å². The molecule has 0 aromatic heterocycles. The Hall–Kier alpha value is -2.28. The molecule has 2 saturated heterocycles. The molecule has 0 spiro atoms. The van der Waals surface area contributed by atoms with Crippen LogP contribution in [0.2, 0.25) is 0 Å². The summed E-state index contributed by atoms with van der Waals surface area (Å²) in [6, 6.07) is 5.14. The van der Waals surface area contributed by atoms with Crippen LogP contribution in [-0.4, -0.2) is 42.4 Å². The number of hydrogen-bond donors (Lipinski definition) is 1. The fourth-order valence-corrected chi connectivity index (χ4v) is 3.94. The number of nitrogens with one attached hydrogen (secondary N) is 1. The largest absolute Gasteiger partial charge is 0.468 e. The lowest BCUT2D eigenvalue weighted by Crippen LogP contribution is -2.55. The van der Waals surface area contributed by atoms with E-state index in [0.717, 1.165) is 4.90 Å². The van der Waals surface area contributed by atoms with E-state index in [0.29, 0.717) is 12.0 Å². The van der Waals surface area contributed by atoms with Crippen molar-refractivity contribution in [1.29, 1.82) is 0 Å². The van der Waals surface area contributed by atoms with E-state index in [1.165, 1.54) is 26.3 Å². The zero-order valence-corrected chi connectivity index (χ0v) is 13.7. The third-order valence-electron chi connectivity index (χ3n) is 5.21. The maximum atomic E-state index is 13.2. The van der Waals surface area contributed by atoms with Crippen molar-refractivity contribution in [2.24, 2.45) is 11.8 Å². The zero-order valence-electron chi connectivity index (χ0n) is 13.7. The number of amides is 2. The number of carbonyl (C=O) groups excluding carboxylic acids is 3. The molecule has 1 aromatic rings. The Labute approximate surface area is 139 Å². The second-order valence-electron chi connectivity index (χ2n) is 6.23. The van der Waals surface area contributed by atoms with E-state index in [1.807, 2.05) is 0 Å². The van der Waals surface area contributed by atoms with Crippen molar-refractivity contribution in [3.05, 3.63) is 35.6 Å². The fraction of sp³-hybridized carbons (Fsp3) is 0.471. The normalized spacial score (nSPS) is 32.2. The maximum absolute atomic E-state index is 13.2. The summed E-state index contributed by atoms with van der Waals surface area (Å²) in [6.45, 7) is 1.77. The van der Waals surface area contributed by atoms with Gasteiger partial charge in [-0.2, -0.15) is 0 Å². The van der Waals surface area contributed by atoms with E-state index < -0.39 is 41.1 Å². The molecule has 1 aromatic carbocycles. The number of halogens is 1. The molecule has 0 radical (unpaired) electrons. The molecule has 0 unspecified atom stereocenters. The summed E-state index contributed by atoms with van der Waals surface area (Å²) >= 11 is 0. The maximum Gasteiger partial charge on any atom is 0.326 e. The Kier molecular flexibility index (Phi) is 3.91. The number of hydrogen-bond acceptors (Lipinski definition) is 5. The predicted molar refractivity (Wildman–Crippen MR) is 82.1 cm³/mol. The monoisotopic (exact) mass is 334 g/mol. The van der Waals surface area contributed by atoms with Crippen molar-refractivity contribution < 1.29 is 23.5 Å². The van der Waals surface area contributed by atoms with Crippen LogP contribution in [-0.2, 0) is 19.1 Å². The topological polar surface area (TPSA) is 75.7 Å². The molecule has 2 amide bonds. The highest BCUT2D eigenvalue weighted by Crippen LogP contribution is 2.49. The number of imide groups is 1. The lowest BCUT2D eigenvalue weighted by atomic mass is 9.78. The Morgan fingerprint density at radius 2 is 1.92 bits per heavy atom. The number of ether oxygens (including phenoxy) is 1. The molecule has 0 bridgehead atoms. The van der Waals surface area contributed by atoms with Gasteiger partial charge in [-0.3, -0.25) is 24.6 Å². The van der Waals surface area contributed by atoms with Crippen LogP contribution in [0.1, 0.15) is 24.9 Å². The summed E-state index contributed by atoms with van der Waals surface area (Å²) in [5.41, 5.74) is -0.613. The van der Waals surface area contributed by atoms with Crippen molar-refractivity contribution in [3.8, 4) is 0 Å². The smallest absolute Gasteiger partial charge is 0.326 e. The minimum atomic E-state index is -1.27. The Morgan fingerprint density at radius 3 is 2.46 bits per heavy atom. The quantitative estimate of drug-likeness (QED) is 0.660. The molecule has 2 fully saturated rings. The van der Waals surface area contributed by atoms with Crippen LogP contribution in [0, 0.1) is 17.7 Å². The number of likely N-dealkylation sites (tertiary alicyclic amines) is 1. The van der Waals surface area contributed by atoms with Gasteiger partial charge in [-0.25, -0.2) is 4.39 Å². The van der Waals surface area contributed by atoms with E-state index in [4.69, 9.17) is 4.74 Å². The number of rotatable bonds is 3. The second-order valence-corrected chi connectivity index (χ2v) is 6.23.